The first-order valence-electron chi connectivity index (χ1n) is 9.60. The number of para-hydroxylation sites is 2. The molecule has 0 radical (unpaired) electrons. The second kappa shape index (κ2) is 9.96. The monoisotopic (exact) mass is 399 g/mol. The number of hydrogen-bond acceptors (Lipinski definition) is 5. The molecule has 156 valence electrons. The van der Waals surface area contributed by atoms with Crippen LogP contribution in [0.25, 0.3) is 0 Å². The van der Waals surface area contributed by atoms with Crippen LogP contribution in [0.2, 0.25) is 0 Å². The number of ether oxygens (including phenoxy) is 3. The van der Waals surface area contributed by atoms with Crippen molar-refractivity contribution < 1.29 is 23.8 Å². The van der Waals surface area contributed by atoms with Crippen LogP contribution in [-0.4, -0.2) is 32.7 Å². The summed E-state index contributed by atoms with van der Waals surface area (Å²) in [6.45, 7) is 7.89. The van der Waals surface area contributed by atoms with E-state index in [2.05, 4.69) is 33.0 Å². The van der Waals surface area contributed by atoms with Crippen LogP contribution in [0.3, 0.4) is 0 Å². The molecule has 0 atom stereocenters. The molecule has 0 aromatic heterocycles. The zero-order valence-electron chi connectivity index (χ0n) is 17.9. The molecule has 0 bridgehead atoms. The lowest BCUT2D eigenvalue weighted by molar-refractivity contribution is -0.119. The van der Waals surface area contributed by atoms with Gasteiger partial charge in [-0.15, -0.1) is 0 Å². The lowest BCUT2D eigenvalue weighted by atomic mass is 9.92. The van der Waals surface area contributed by atoms with E-state index < -0.39 is 18.5 Å². The minimum atomic E-state index is -0.655. The van der Waals surface area contributed by atoms with Gasteiger partial charge in [-0.3, -0.25) is 4.79 Å². The Hall–Kier alpha value is -3.02. The zero-order valence-corrected chi connectivity index (χ0v) is 17.9. The Balaban J connectivity index is 2.15. The molecule has 6 nitrogen and oxygen atoms in total. The lowest BCUT2D eigenvalue weighted by Crippen LogP contribution is -2.23. The van der Waals surface area contributed by atoms with Gasteiger partial charge in [0.1, 0.15) is 5.56 Å². The highest BCUT2D eigenvalue weighted by Crippen LogP contribution is 2.33. The predicted octanol–water partition coefficient (Wildman–Crippen LogP) is 4.75. The Morgan fingerprint density at radius 1 is 0.897 bits per heavy atom. The highest BCUT2D eigenvalue weighted by Gasteiger charge is 2.20. The van der Waals surface area contributed by atoms with Crippen molar-refractivity contribution in [2.75, 3.05) is 26.1 Å². The van der Waals surface area contributed by atoms with E-state index in [-0.39, 0.29) is 23.1 Å². The van der Waals surface area contributed by atoms with Crippen LogP contribution in [0, 0.1) is 0 Å². The third-order valence-corrected chi connectivity index (χ3v) is 4.59. The van der Waals surface area contributed by atoms with E-state index in [1.807, 2.05) is 18.2 Å². The first-order chi connectivity index (χ1) is 13.8. The van der Waals surface area contributed by atoms with Gasteiger partial charge in [0, 0.05) is 5.69 Å². The van der Waals surface area contributed by atoms with Crippen LogP contribution in [0.4, 0.5) is 5.69 Å². The van der Waals surface area contributed by atoms with Gasteiger partial charge >= 0.3 is 5.97 Å². The van der Waals surface area contributed by atoms with E-state index in [0.29, 0.717) is 5.75 Å². The summed E-state index contributed by atoms with van der Waals surface area (Å²) in [4.78, 5) is 25.0. The maximum Gasteiger partial charge on any atom is 0.342 e. The Kier molecular flexibility index (Phi) is 7.65. The third-order valence-electron chi connectivity index (χ3n) is 4.59. The third kappa shape index (κ3) is 5.28. The maximum atomic E-state index is 12.5. The fraction of sp³-hybridized carbons (Fsp3) is 0.391. The molecule has 0 spiro atoms. The molecule has 2 aromatic carbocycles. The number of methoxy groups -OCH3 is 2. The molecular weight excluding hydrogens is 370 g/mol. The van der Waals surface area contributed by atoms with Crippen molar-refractivity contribution in [2.45, 2.75) is 39.5 Å². The van der Waals surface area contributed by atoms with Gasteiger partial charge in [0.05, 0.1) is 14.2 Å². The van der Waals surface area contributed by atoms with E-state index in [9.17, 15) is 9.59 Å². The summed E-state index contributed by atoms with van der Waals surface area (Å²) < 4.78 is 15.7. The fourth-order valence-electron chi connectivity index (χ4n) is 3.13. The Morgan fingerprint density at radius 2 is 1.48 bits per heavy atom. The maximum absolute atomic E-state index is 12.5. The van der Waals surface area contributed by atoms with E-state index in [0.717, 1.165) is 16.8 Å². The Bertz CT molecular complexity index is 847. The largest absolute Gasteiger partial charge is 0.493 e. The van der Waals surface area contributed by atoms with Crippen molar-refractivity contribution in [3.8, 4) is 11.5 Å². The van der Waals surface area contributed by atoms with Crippen molar-refractivity contribution in [1.29, 1.82) is 0 Å². The first kappa shape index (κ1) is 22.3. The molecule has 29 heavy (non-hydrogen) atoms. The zero-order chi connectivity index (χ0) is 21.6. The lowest BCUT2D eigenvalue weighted by Gasteiger charge is -2.20. The summed E-state index contributed by atoms with van der Waals surface area (Å²) in [5, 5.41) is 2.93. The highest BCUT2D eigenvalue weighted by molar-refractivity contribution is 5.98. The van der Waals surface area contributed by atoms with Gasteiger partial charge in [0.2, 0.25) is 0 Å². The van der Waals surface area contributed by atoms with Crippen molar-refractivity contribution in [1.82, 2.24) is 0 Å². The number of esters is 1. The summed E-state index contributed by atoms with van der Waals surface area (Å²) >= 11 is 0. The fourth-order valence-corrected chi connectivity index (χ4v) is 3.13. The summed E-state index contributed by atoms with van der Waals surface area (Å²) in [5.74, 6) is 0.124. The van der Waals surface area contributed by atoms with Crippen LogP contribution in [0.15, 0.2) is 36.4 Å². The molecule has 0 aliphatic rings. The highest BCUT2D eigenvalue weighted by atomic mass is 16.5. The molecule has 0 saturated heterocycles. The topological polar surface area (TPSA) is 73.9 Å². The van der Waals surface area contributed by atoms with Crippen molar-refractivity contribution in [3.63, 3.8) is 0 Å². The number of carbonyl (C=O) groups is 2. The summed E-state index contributed by atoms with van der Waals surface area (Å²) in [6.07, 6.45) is 0. The molecule has 0 heterocycles. The van der Waals surface area contributed by atoms with Gasteiger partial charge in [-0.1, -0.05) is 52.0 Å². The molecule has 2 aromatic rings. The van der Waals surface area contributed by atoms with E-state index in [1.54, 1.807) is 18.2 Å². The van der Waals surface area contributed by atoms with Gasteiger partial charge in [0.15, 0.2) is 18.1 Å². The van der Waals surface area contributed by atoms with Gasteiger partial charge in [-0.05, 0) is 35.1 Å². The van der Waals surface area contributed by atoms with Crippen LogP contribution < -0.4 is 14.8 Å². The number of nitrogens with one attached hydrogen (secondary N) is 1. The second-order valence-corrected chi connectivity index (χ2v) is 7.29. The van der Waals surface area contributed by atoms with Gasteiger partial charge < -0.3 is 19.5 Å². The molecule has 0 unspecified atom stereocenters. The molecule has 0 fully saturated rings. The molecule has 0 saturated carbocycles. The number of carbonyl (C=O) groups excluding carboxylic acids is 2. The van der Waals surface area contributed by atoms with Crippen molar-refractivity contribution in [3.05, 3.63) is 53.1 Å². The number of anilines is 1. The van der Waals surface area contributed by atoms with Crippen molar-refractivity contribution >= 4 is 17.6 Å². The van der Waals surface area contributed by atoms with Crippen LogP contribution >= 0.6 is 0 Å². The molecule has 0 aliphatic heterocycles. The van der Waals surface area contributed by atoms with E-state index in [4.69, 9.17) is 14.2 Å². The van der Waals surface area contributed by atoms with Crippen LogP contribution in [-0.2, 0) is 9.53 Å². The van der Waals surface area contributed by atoms with Crippen LogP contribution in [0.5, 0.6) is 11.5 Å². The average Bonchev–Trinajstić information content (AvgIpc) is 2.70. The standard InChI is InChI=1S/C23H29NO5/c1-14(2)16-9-7-10-17(15(3)4)21(16)24-20(25)13-29-23(26)18-11-8-12-19(27-5)22(18)28-6/h7-12,14-15H,13H2,1-6H3,(H,24,25). The molecule has 2 rings (SSSR count). The van der Waals surface area contributed by atoms with Crippen LogP contribution in [0.1, 0.15) is 61.0 Å². The average molecular weight is 399 g/mol. The summed E-state index contributed by atoms with van der Waals surface area (Å²) in [7, 11) is 2.93. The molecule has 1 amide bonds. The number of rotatable bonds is 8. The minimum Gasteiger partial charge on any atom is -0.493 e. The van der Waals surface area contributed by atoms with Gasteiger partial charge in [-0.2, -0.15) is 0 Å². The normalized spacial score (nSPS) is 10.8. The Labute approximate surface area is 172 Å². The number of benzene rings is 2. The van der Waals surface area contributed by atoms with E-state index >= 15 is 0 Å². The van der Waals surface area contributed by atoms with Crippen molar-refractivity contribution in [2.24, 2.45) is 0 Å². The number of hydrogen-bond donors (Lipinski definition) is 1. The van der Waals surface area contributed by atoms with Gasteiger partial charge in [-0.25, -0.2) is 4.79 Å². The first-order valence-corrected chi connectivity index (χ1v) is 9.60. The number of amides is 1. The quantitative estimate of drug-likeness (QED) is 0.649. The summed E-state index contributed by atoms with van der Waals surface area (Å²) in [6, 6.07) is 10.9. The smallest absolute Gasteiger partial charge is 0.342 e. The SMILES string of the molecule is COc1cccc(C(=O)OCC(=O)Nc2c(C(C)C)cccc2C(C)C)c1OC. The minimum absolute atomic E-state index is 0.199. The van der Waals surface area contributed by atoms with Gasteiger partial charge in [0.25, 0.3) is 5.91 Å². The molecule has 6 heteroatoms. The predicted molar refractivity (Wildman–Crippen MR) is 113 cm³/mol. The molecule has 0 aliphatic carbocycles. The second-order valence-electron chi connectivity index (χ2n) is 7.29. The molecule has 1 N–H and O–H groups in total. The Morgan fingerprint density at radius 3 is 2.00 bits per heavy atom. The summed E-state index contributed by atoms with van der Waals surface area (Å²) in [5.41, 5.74) is 3.08. The molecular formula is C23H29NO5. The van der Waals surface area contributed by atoms with E-state index in [1.165, 1.54) is 14.2 Å².